The number of hydrogen-bond donors (Lipinski definition) is 1. The van der Waals surface area contributed by atoms with Gasteiger partial charge < -0.3 is 9.08 Å². The van der Waals surface area contributed by atoms with Crippen molar-refractivity contribution in [3.8, 4) is 17.3 Å². The first-order valence-electron chi connectivity index (χ1n) is 10.3. The molecule has 4 aromatic rings. The zero-order valence-electron chi connectivity index (χ0n) is 18.2. The molecular formula is C25H24N4O2S. The number of aromatic nitrogens is 2. The van der Waals surface area contributed by atoms with Gasteiger partial charge in [0.15, 0.2) is 5.58 Å². The van der Waals surface area contributed by atoms with Crippen molar-refractivity contribution in [2.45, 2.75) is 38.0 Å². The summed E-state index contributed by atoms with van der Waals surface area (Å²) in [5.41, 5.74) is 4.63. The molecule has 32 heavy (non-hydrogen) atoms. The Kier molecular flexibility index (Phi) is 6.28. The summed E-state index contributed by atoms with van der Waals surface area (Å²) in [5.74, 6) is 0. The molecule has 0 saturated carbocycles. The number of rotatable bonds is 6. The molecule has 0 saturated heterocycles. The monoisotopic (exact) mass is 444 g/mol. The van der Waals surface area contributed by atoms with Gasteiger partial charge in [-0.1, -0.05) is 41.6 Å². The molecule has 0 bridgehead atoms. The van der Waals surface area contributed by atoms with Crippen molar-refractivity contribution in [1.82, 2.24) is 14.9 Å². The summed E-state index contributed by atoms with van der Waals surface area (Å²) in [4.78, 5) is 4.43. The molecule has 2 aromatic carbocycles. The maximum atomic E-state index is 13.1. The molecule has 1 N–H and O–H groups in total. The number of para-hydroxylation sites is 1. The molecule has 0 amide bonds. The summed E-state index contributed by atoms with van der Waals surface area (Å²) in [5, 5.41) is 14.3. The van der Waals surface area contributed by atoms with Crippen LogP contribution in [0.25, 0.3) is 22.2 Å². The van der Waals surface area contributed by atoms with Crippen LogP contribution in [0, 0.1) is 11.3 Å². The lowest BCUT2D eigenvalue weighted by molar-refractivity contribution is 0.459. The summed E-state index contributed by atoms with van der Waals surface area (Å²) in [7, 11) is 0. The molecule has 0 aliphatic carbocycles. The summed E-state index contributed by atoms with van der Waals surface area (Å²) < 4.78 is 21.5. The number of nitrogens with one attached hydrogen (secondary N) is 1. The van der Waals surface area contributed by atoms with Gasteiger partial charge in [0, 0.05) is 40.6 Å². The maximum Gasteiger partial charge on any atom is 0.167 e. The van der Waals surface area contributed by atoms with Crippen molar-refractivity contribution in [2.24, 2.45) is 0 Å². The van der Waals surface area contributed by atoms with E-state index in [-0.39, 0.29) is 6.04 Å². The van der Waals surface area contributed by atoms with E-state index in [2.05, 4.69) is 20.9 Å². The second kappa shape index (κ2) is 9.13. The predicted octanol–water partition coefficient (Wildman–Crippen LogP) is 5.10. The fourth-order valence-corrected chi connectivity index (χ4v) is 4.26. The summed E-state index contributed by atoms with van der Waals surface area (Å²) in [6.07, 6.45) is 2.06. The van der Waals surface area contributed by atoms with Gasteiger partial charge >= 0.3 is 0 Å². The number of benzene rings is 2. The lowest BCUT2D eigenvalue weighted by atomic mass is 9.94. The van der Waals surface area contributed by atoms with Crippen LogP contribution in [0.15, 0.2) is 71.4 Å². The van der Waals surface area contributed by atoms with E-state index >= 15 is 0 Å². The van der Waals surface area contributed by atoms with E-state index in [0.29, 0.717) is 17.6 Å². The predicted molar refractivity (Wildman–Crippen MR) is 126 cm³/mol. The average Bonchev–Trinajstić information content (AvgIpc) is 3.22. The number of nitrogens with zero attached hydrogens (tertiary/aromatic N) is 3. The standard InChI is InChI=1S/C25H24N4O2S/c1-25(2,3)32(30)29-22(14-18-13-12-17(15-26)16-27-18)19-8-4-5-9-20(19)24-21-10-6-7-11-23(21)31-28-24/h4-13,16,22,29H,14H2,1-3H3/t22-,32?/m0/s1. The first-order valence-corrected chi connectivity index (χ1v) is 11.5. The van der Waals surface area contributed by atoms with Gasteiger partial charge in [-0.2, -0.15) is 5.26 Å². The van der Waals surface area contributed by atoms with Crippen molar-refractivity contribution in [3.63, 3.8) is 0 Å². The van der Waals surface area contributed by atoms with Crippen LogP contribution in [0.4, 0.5) is 0 Å². The second-order valence-electron chi connectivity index (χ2n) is 8.52. The minimum absolute atomic E-state index is 0.290. The molecule has 2 atom stereocenters. The molecule has 7 heteroatoms. The Morgan fingerprint density at radius 1 is 1.09 bits per heavy atom. The van der Waals surface area contributed by atoms with Crippen LogP contribution in [0.1, 0.15) is 43.6 Å². The third-order valence-electron chi connectivity index (χ3n) is 5.14. The van der Waals surface area contributed by atoms with Gasteiger partial charge in [0.05, 0.1) is 11.6 Å². The maximum absolute atomic E-state index is 13.1. The highest BCUT2D eigenvalue weighted by atomic mass is 32.2. The summed E-state index contributed by atoms with van der Waals surface area (Å²) in [6, 6.07) is 21.1. The molecule has 0 aliphatic rings. The smallest absolute Gasteiger partial charge is 0.167 e. The van der Waals surface area contributed by atoms with Gasteiger partial charge in [0.25, 0.3) is 0 Å². The highest BCUT2D eigenvalue weighted by molar-refractivity contribution is 7.90. The van der Waals surface area contributed by atoms with Gasteiger partial charge in [-0.3, -0.25) is 4.98 Å². The van der Waals surface area contributed by atoms with E-state index in [1.54, 1.807) is 12.3 Å². The molecule has 0 spiro atoms. The SMILES string of the molecule is CC(C)(C)[S+]([O-])N[C@@H](Cc1ccc(C#N)cn1)c1ccccc1-c1noc2ccccc12. The van der Waals surface area contributed by atoms with Gasteiger partial charge in [0.1, 0.15) is 16.5 Å². The van der Waals surface area contributed by atoms with Gasteiger partial charge in [0.2, 0.25) is 0 Å². The van der Waals surface area contributed by atoms with Crippen molar-refractivity contribution in [1.29, 1.82) is 5.26 Å². The van der Waals surface area contributed by atoms with Gasteiger partial charge in [-0.25, -0.2) is 0 Å². The lowest BCUT2D eigenvalue weighted by Gasteiger charge is -2.29. The van der Waals surface area contributed by atoms with Crippen LogP contribution >= 0.6 is 0 Å². The normalized spacial score (nSPS) is 13.6. The average molecular weight is 445 g/mol. The molecular weight excluding hydrogens is 420 g/mol. The Bertz CT molecular complexity index is 1260. The van der Waals surface area contributed by atoms with Crippen LogP contribution in [0.5, 0.6) is 0 Å². The van der Waals surface area contributed by atoms with Gasteiger partial charge in [-0.15, -0.1) is 4.72 Å². The molecule has 162 valence electrons. The Balaban J connectivity index is 1.78. The Morgan fingerprint density at radius 2 is 1.84 bits per heavy atom. The molecule has 2 heterocycles. The van der Waals surface area contributed by atoms with E-state index in [1.165, 1.54) is 0 Å². The number of pyridine rings is 1. The Hall–Kier alpha value is -3.18. The van der Waals surface area contributed by atoms with E-state index in [9.17, 15) is 4.55 Å². The molecule has 1 unspecified atom stereocenters. The topological polar surface area (TPSA) is 97.8 Å². The summed E-state index contributed by atoms with van der Waals surface area (Å²) in [6.45, 7) is 5.80. The van der Waals surface area contributed by atoms with E-state index in [0.717, 1.165) is 27.9 Å². The van der Waals surface area contributed by atoms with Crippen molar-refractivity contribution in [3.05, 3.63) is 83.7 Å². The third-order valence-corrected chi connectivity index (χ3v) is 6.75. The largest absolute Gasteiger partial charge is 0.598 e. The van der Waals surface area contributed by atoms with Gasteiger partial charge in [-0.05, 0) is 50.6 Å². The Morgan fingerprint density at radius 3 is 2.56 bits per heavy atom. The molecule has 6 nitrogen and oxygen atoms in total. The molecule has 0 fully saturated rings. The highest BCUT2D eigenvalue weighted by Crippen LogP contribution is 2.34. The zero-order valence-corrected chi connectivity index (χ0v) is 19.0. The molecule has 2 aromatic heterocycles. The quantitative estimate of drug-likeness (QED) is 0.416. The molecule has 0 aliphatic heterocycles. The molecule has 4 rings (SSSR count). The lowest BCUT2D eigenvalue weighted by Crippen LogP contribution is -2.42. The fraction of sp³-hybridized carbons (Fsp3) is 0.240. The van der Waals surface area contributed by atoms with Crippen LogP contribution < -0.4 is 4.72 Å². The zero-order chi connectivity index (χ0) is 22.7. The highest BCUT2D eigenvalue weighted by Gasteiger charge is 2.31. The number of nitriles is 1. The number of fused-ring (bicyclic) bond motifs is 1. The van der Waals surface area contributed by atoms with Crippen molar-refractivity contribution in [2.75, 3.05) is 0 Å². The van der Waals surface area contributed by atoms with Crippen molar-refractivity contribution >= 4 is 22.3 Å². The third kappa shape index (κ3) is 4.68. The fourth-order valence-electron chi connectivity index (χ4n) is 3.44. The van der Waals surface area contributed by atoms with Crippen LogP contribution in [-0.4, -0.2) is 19.4 Å². The second-order valence-corrected chi connectivity index (χ2v) is 10.5. The minimum atomic E-state index is -1.30. The molecule has 0 radical (unpaired) electrons. The van der Waals surface area contributed by atoms with Crippen LogP contribution in [0.3, 0.4) is 0 Å². The van der Waals surface area contributed by atoms with E-state index in [1.807, 2.05) is 75.4 Å². The minimum Gasteiger partial charge on any atom is -0.598 e. The van der Waals surface area contributed by atoms with Crippen LogP contribution in [0.2, 0.25) is 0 Å². The van der Waals surface area contributed by atoms with Crippen LogP contribution in [-0.2, 0) is 17.8 Å². The van der Waals surface area contributed by atoms with Crippen molar-refractivity contribution < 1.29 is 9.08 Å². The first kappa shape index (κ1) is 22.0. The first-order chi connectivity index (χ1) is 15.4. The number of hydrogen-bond acceptors (Lipinski definition) is 6. The summed E-state index contributed by atoms with van der Waals surface area (Å²) >= 11 is -1.30. The van der Waals surface area contributed by atoms with E-state index < -0.39 is 16.1 Å². The Labute approximate surface area is 190 Å². The van der Waals surface area contributed by atoms with E-state index in [4.69, 9.17) is 9.78 Å².